The highest BCUT2D eigenvalue weighted by molar-refractivity contribution is 9.11. The first kappa shape index (κ1) is 21.5. The van der Waals surface area contributed by atoms with Gasteiger partial charge in [-0.1, -0.05) is 62.9 Å². The Hall–Kier alpha value is -1.20. The van der Waals surface area contributed by atoms with Gasteiger partial charge < -0.3 is 10.1 Å². The Labute approximate surface area is 192 Å². The smallest absolute Gasteiger partial charge is 0.139 e. The van der Waals surface area contributed by atoms with E-state index in [4.69, 9.17) is 27.9 Å². The molecule has 0 fully saturated rings. The lowest BCUT2D eigenvalue weighted by Crippen LogP contribution is -2.06. The van der Waals surface area contributed by atoms with Crippen LogP contribution in [0.5, 0.6) is 5.75 Å². The third-order valence-electron chi connectivity index (χ3n) is 4.32. The van der Waals surface area contributed by atoms with Crippen molar-refractivity contribution in [2.24, 2.45) is 0 Å². The molecule has 3 aromatic rings. The number of halogens is 4. The molecule has 2 nitrogen and oxygen atoms in total. The lowest BCUT2D eigenvalue weighted by atomic mass is 10.1. The van der Waals surface area contributed by atoms with Crippen molar-refractivity contribution in [3.05, 3.63) is 89.8 Å². The van der Waals surface area contributed by atoms with E-state index in [2.05, 4.69) is 75.3 Å². The van der Waals surface area contributed by atoms with Gasteiger partial charge >= 0.3 is 0 Å². The minimum absolute atomic E-state index is 0.354. The summed E-state index contributed by atoms with van der Waals surface area (Å²) in [4.78, 5) is 0. The van der Waals surface area contributed by atoms with Crippen molar-refractivity contribution in [2.75, 3.05) is 5.32 Å². The molecule has 1 N–H and O–H groups in total. The van der Waals surface area contributed by atoms with Gasteiger partial charge in [0.25, 0.3) is 0 Å². The van der Waals surface area contributed by atoms with Gasteiger partial charge in [0.15, 0.2) is 0 Å². The van der Waals surface area contributed by atoms with E-state index in [1.807, 2.05) is 18.2 Å². The molecule has 0 unspecified atom stereocenters. The van der Waals surface area contributed by atoms with Crippen molar-refractivity contribution in [1.29, 1.82) is 0 Å². The second-order valence-corrected chi connectivity index (χ2v) is 9.19. The molecule has 3 rings (SSSR count). The van der Waals surface area contributed by atoms with E-state index < -0.39 is 0 Å². The maximum atomic E-state index is 6.28. The molecule has 0 amide bonds. The molecule has 0 saturated carbocycles. The molecule has 0 aromatic heterocycles. The van der Waals surface area contributed by atoms with Crippen LogP contribution < -0.4 is 10.1 Å². The number of nitrogens with one attached hydrogen (secondary N) is 1. The van der Waals surface area contributed by atoms with E-state index in [0.717, 1.165) is 31.5 Å². The summed E-state index contributed by atoms with van der Waals surface area (Å²) in [6.07, 6.45) is 0. The van der Waals surface area contributed by atoms with Crippen LogP contribution in [-0.4, -0.2) is 0 Å². The highest BCUT2D eigenvalue weighted by atomic mass is 79.9. The first-order valence-electron chi connectivity index (χ1n) is 8.69. The fraction of sp³-hybridized carbons (Fsp3) is 0.182. The number of aryl methyl sites for hydroxylation is 2. The second-order valence-electron chi connectivity index (χ2n) is 6.57. The Bertz CT molecular complexity index is 1010. The largest absolute Gasteiger partial charge is 0.487 e. The Balaban J connectivity index is 1.81. The van der Waals surface area contributed by atoms with E-state index in [1.54, 1.807) is 6.07 Å². The lowest BCUT2D eigenvalue weighted by molar-refractivity contribution is 0.301. The van der Waals surface area contributed by atoms with E-state index in [9.17, 15) is 0 Å². The van der Waals surface area contributed by atoms with Gasteiger partial charge in [-0.2, -0.15) is 0 Å². The van der Waals surface area contributed by atoms with Crippen LogP contribution in [0.2, 0.25) is 10.0 Å². The summed E-state index contributed by atoms with van der Waals surface area (Å²) in [5, 5.41) is 4.70. The Morgan fingerprint density at radius 2 is 1.71 bits per heavy atom. The highest BCUT2D eigenvalue weighted by Gasteiger charge is 2.12. The van der Waals surface area contributed by atoms with E-state index >= 15 is 0 Å². The predicted molar refractivity (Wildman–Crippen MR) is 126 cm³/mol. The SMILES string of the molecule is Cc1ccc(NCc2cc(Br)cc(Br)c2OCc2ccc(Cl)cc2Cl)c(C)c1. The summed E-state index contributed by atoms with van der Waals surface area (Å²) in [6, 6.07) is 15.8. The van der Waals surface area contributed by atoms with Gasteiger partial charge in [-0.25, -0.2) is 0 Å². The van der Waals surface area contributed by atoms with Crippen LogP contribution in [0.25, 0.3) is 0 Å². The molecule has 0 spiro atoms. The van der Waals surface area contributed by atoms with Gasteiger partial charge in [0, 0.05) is 37.9 Å². The molecule has 146 valence electrons. The summed E-state index contributed by atoms with van der Waals surface area (Å²) >= 11 is 19.4. The van der Waals surface area contributed by atoms with Crippen molar-refractivity contribution in [3.8, 4) is 5.75 Å². The van der Waals surface area contributed by atoms with Gasteiger partial charge in [-0.15, -0.1) is 0 Å². The molecule has 6 heteroatoms. The number of rotatable bonds is 6. The van der Waals surface area contributed by atoms with E-state index in [-0.39, 0.29) is 0 Å². The Morgan fingerprint density at radius 3 is 2.43 bits per heavy atom. The van der Waals surface area contributed by atoms with Gasteiger partial charge in [0.05, 0.1) is 4.47 Å². The Kier molecular flexibility index (Phi) is 7.32. The van der Waals surface area contributed by atoms with E-state index in [1.165, 1.54) is 11.1 Å². The quantitative estimate of drug-likeness (QED) is 0.337. The molecule has 0 aliphatic carbocycles. The predicted octanol–water partition coefficient (Wildman–Crippen LogP) is 8.33. The molecule has 3 aromatic carbocycles. The summed E-state index contributed by atoms with van der Waals surface area (Å²) in [5.41, 5.74) is 5.48. The lowest BCUT2D eigenvalue weighted by Gasteiger charge is -2.17. The zero-order chi connectivity index (χ0) is 20.3. The van der Waals surface area contributed by atoms with Crippen LogP contribution in [-0.2, 0) is 13.2 Å². The summed E-state index contributed by atoms with van der Waals surface area (Å²) in [6.45, 7) is 5.18. The number of anilines is 1. The molecule has 0 aliphatic heterocycles. The monoisotopic (exact) mass is 541 g/mol. The molecule has 0 bridgehead atoms. The second kappa shape index (κ2) is 9.53. The first-order valence-corrected chi connectivity index (χ1v) is 11.0. The molecule has 0 aliphatic rings. The standard InChI is InChI=1S/C22H19Br2Cl2NO/c1-13-3-6-21(14(2)7-13)27-11-16-8-17(23)9-19(24)22(16)28-12-15-4-5-18(25)10-20(15)26/h3-10,27H,11-12H2,1-2H3. The van der Waals surface area contributed by atoms with Crippen LogP contribution >= 0.6 is 55.1 Å². The highest BCUT2D eigenvalue weighted by Crippen LogP contribution is 2.35. The molecule has 0 saturated heterocycles. The van der Waals surface area contributed by atoms with Crippen LogP contribution in [0.15, 0.2) is 57.5 Å². The molecule has 0 radical (unpaired) electrons. The summed E-state index contributed by atoms with van der Waals surface area (Å²) < 4.78 is 7.99. The van der Waals surface area contributed by atoms with Crippen LogP contribution in [0.4, 0.5) is 5.69 Å². The zero-order valence-corrected chi connectivity index (χ0v) is 20.1. The van der Waals surface area contributed by atoms with E-state index in [0.29, 0.717) is 23.2 Å². The summed E-state index contributed by atoms with van der Waals surface area (Å²) in [7, 11) is 0. The maximum absolute atomic E-state index is 6.28. The topological polar surface area (TPSA) is 21.3 Å². The number of hydrogen-bond acceptors (Lipinski definition) is 2. The molecular formula is C22H19Br2Cl2NO. The number of ether oxygens (including phenoxy) is 1. The normalized spacial score (nSPS) is 10.8. The Morgan fingerprint density at radius 1 is 0.929 bits per heavy atom. The van der Waals surface area contributed by atoms with Crippen LogP contribution in [0.3, 0.4) is 0 Å². The average Bonchev–Trinajstić information content (AvgIpc) is 2.61. The third-order valence-corrected chi connectivity index (χ3v) is 5.96. The van der Waals surface area contributed by atoms with Gasteiger partial charge in [-0.3, -0.25) is 0 Å². The van der Waals surface area contributed by atoms with Crippen LogP contribution in [0.1, 0.15) is 22.3 Å². The number of hydrogen-bond donors (Lipinski definition) is 1. The van der Waals surface area contributed by atoms with Crippen molar-refractivity contribution in [2.45, 2.75) is 27.0 Å². The van der Waals surface area contributed by atoms with Crippen molar-refractivity contribution >= 4 is 60.7 Å². The van der Waals surface area contributed by atoms with Crippen LogP contribution in [0, 0.1) is 13.8 Å². The minimum Gasteiger partial charge on any atom is -0.487 e. The minimum atomic E-state index is 0.354. The summed E-state index contributed by atoms with van der Waals surface area (Å²) in [5.74, 6) is 0.784. The molecule has 0 atom stereocenters. The third kappa shape index (κ3) is 5.44. The van der Waals surface area contributed by atoms with Gasteiger partial charge in [0.2, 0.25) is 0 Å². The molecule has 0 heterocycles. The van der Waals surface area contributed by atoms with Crippen molar-refractivity contribution < 1.29 is 4.74 Å². The van der Waals surface area contributed by atoms with Crippen molar-refractivity contribution in [1.82, 2.24) is 0 Å². The van der Waals surface area contributed by atoms with Crippen molar-refractivity contribution in [3.63, 3.8) is 0 Å². The molecule has 28 heavy (non-hydrogen) atoms. The fourth-order valence-corrected chi connectivity index (χ4v) is 4.79. The van der Waals surface area contributed by atoms with Gasteiger partial charge in [-0.05, 0) is 65.7 Å². The van der Waals surface area contributed by atoms with Gasteiger partial charge in [0.1, 0.15) is 12.4 Å². The fourth-order valence-electron chi connectivity index (χ4n) is 2.90. The number of benzene rings is 3. The average molecular weight is 544 g/mol. The zero-order valence-electron chi connectivity index (χ0n) is 15.5. The molecular weight excluding hydrogens is 525 g/mol. The first-order chi connectivity index (χ1) is 13.3. The maximum Gasteiger partial charge on any atom is 0.139 e.